The van der Waals surface area contributed by atoms with Crippen LogP contribution in [0, 0.1) is 11.3 Å². The van der Waals surface area contributed by atoms with Gasteiger partial charge >= 0.3 is 18.1 Å². The summed E-state index contributed by atoms with van der Waals surface area (Å²) in [7, 11) is 0. The number of ether oxygens (including phenoxy) is 2. The molecule has 200 valence electrons. The van der Waals surface area contributed by atoms with Crippen molar-refractivity contribution in [2.75, 3.05) is 30.1 Å². The number of carbonyl (C=O) groups excluding carboxylic acids is 2. The van der Waals surface area contributed by atoms with Gasteiger partial charge in [0, 0.05) is 17.1 Å². The molecular weight excluding hydrogens is 519 g/mol. The lowest BCUT2D eigenvalue weighted by Crippen LogP contribution is -2.41. The van der Waals surface area contributed by atoms with E-state index in [1.807, 2.05) is 6.07 Å². The molecule has 0 saturated carbocycles. The molecule has 3 rings (SSSR count). The highest BCUT2D eigenvalue weighted by Crippen LogP contribution is 2.45. The summed E-state index contributed by atoms with van der Waals surface area (Å²) in [5, 5.41) is 9.23. The predicted molar refractivity (Wildman–Crippen MR) is 138 cm³/mol. The first-order chi connectivity index (χ1) is 18.1. The third kappa shape index (κ3) is 5.81. The van der Waals surface area contributed by atoms with Crippen molar-refractivity contribution in [3.63, 3.8) is 0 Å². The first kappa shape index (κ1) is 28.7. The maximum Gasteiger partial charge on any atom is 0.416 e. The summed E-state index contributed by atoms with van der Waals surface area (Å²) in [6.45, 7) is 3.23. The van der Waals surface area contributed by atoms with Gasteiger partial charge in [-0.05, 0) is 56.0 Å². The lowest BCUT2D eigenvalue weighted by atomic mass is 9.80. The molecule has 0 aliphatic carbocycles. The highest BCUT2D eigenvalue weighted by molar-refractivity contribution is 7.98. The summed E-state index contributed by atoms with van der Waals surface area (Å²) < 4.78 is 51.4. The monoisotopic (exact) mass is 545 g/mol. The van der Waals surface area contributed by atoms with Crippen LogP contribution in [-0.2, 0) is 25.2 Å². The van der Waals surface area contributed by atoms with E-state index < -0.39 is 29.6 Å². The van der Waals surface area contributed by atoms with Crippen molar-refractivity contribution in [1.82, 2.24) is 0 Å². The van der Waals surface area contributed by atoms with E-state index in [1.165, 1.54) is 40.9 Å². The molecule has 0 radical (unpaired) electrons. The number of esters is 2. The van der Waals surface area contributed by atoms with Gasteiger partial charge in [-0.3, -0.25) is 4.90 Å². The number of thioether (sulfide) groups is 1. The van der Waals surface area contributed by atoms with Crippen molar-refractivity contribution < 1.29 is 32.2 Å². The molecule has 2 aromatic rings. The highest BCUT2D eigenvalue weighted by atomic mass is 32.2. The minimum atomic E-state index is -4.63. The fourth-order valence-electron chi connectivity index (χ4n) is 4.20. The molecular formula is C27H26F3N3O4S. The Labute approximate surface area is 222 Å². The zero-order chi connectivity index (χ0) is 28.0. The number of rotatable bonds is 8. The second-order valence-electron chi connectivity index (χ2n) is 8.08. The van der Waals surface area contributed by atoms with E-state index >= 15 is 0 Å². The van der Waals surface area contributed by atoms with E-state index in [0.29, 0.717) is 11.1 Å². The van der Waals surface area contributed by atoms with Crippen molar-refractivity contribution >= 4 is 29.4 Å². The first-order valence-corrected chi connectivity index (χ1v) is 13.0. The Morgan fingerprint density at radius 2 is 1.66 bits per heavy atom. The minimum absolute atomic E-state index is 0.00458. The summed E-state index contributed by atoms with van der Waals surface area (Å²) >= 11 is 1.31. The second-order valence-corrected chi connectivity index (χ2v) is 8.95. The van der Waals surface area contributed by atoms with Crippen LogP contribution in [0.4, 0.5) is 18.9 Å². The maximum absolute atomic E-state index is 13.6. The van der Waals surface area contributed by atoms with E-state index in [4.69, 9.17) is 15.2 Å². The quantitative estimate of drug-likeness (QED) is 0.457. The van der Waals surface area contributed by atoms with Crippen LogP contribution in [0.2, 0.25) is 0 Å². The third-order valence-electron chi connectivity index (χ3n) is 5.75. The molecule has 11 heteroatoms. The van der Waals surface area contributed by atoms with Crippen LogP contribution >= 0.6 is 11.8 Å². The number of alkyl halides is 3. The predicted octanol–water partition coefficient (Wildman–Crippen LogP) is 5.09. The zero-order valence-electron chi connectivity index (χ0n) is 21.0. The number of hydrogen-bond donors (Lipinski definition) is 1. The highest BCUT2D eigenvalue weighted by Gasteiger charge is 2.43. The molecule has 0 spiro atoms. The fourth-order valence-corrected chi connectivity index (χ4v) is 4.76. The number of carbonyl (C=O) groups is 2. The van der Waals surface area contributed by atoms with Gasteiger partial charge in [-0.1, -0.05) is 18.2 Å². The molecule has 1 aliphatic rings. The van der Waals surface area contributed by atoms with Crippen LogP contribution < -0.4 is 10.6 Å². The third-order valence-corrected chi connectivity index (χ3v) is 6.31. The zero-order valence-corrected chi connectivity index (χ0v) is 21.8. The molecule has 1 aliphatic heterocycles. The number of benzene rings is 2. The van der Waals surface area contributed by atoms with Gasteiger partial charge in [-0.15, -0.1) is 0 Å². The largest absolute Gasteiger partial charge is 0.463 e. The molecule has 0 saturated heterocycles. The van der Waals surface area contributed by atoms with E-state index in [-0.39, 0.29) is 47.3 Å². The van der Waals surface area contributed by atoms with Gasteiger partial charge < -0.3 is 15.2 Å². The molecule has 0 fully saturated rings. The number of nitriles is 1. The van der Waals surface area contributed by atoms with Gasteiger partial charge in [0.15, 0.2) is 0 Å². The number of anilines is 1. The van der Waals surface area contributed by atoms with Gasteiger partial charge in [-0.25, -0.2) is 9.59 Å². The average Bonchev–Trinajstić information content (AvgIpc) is 2.88. The summed E-state index contributed by atoms with van der Waals surface area (Å²) in [6.07, 6.45) is -2.87. The van der Waals surface area contributed by atoms with Crippen LogP contribution in [-0.4, -0.2) is 37.2 Å². The molecule has 2 aromatic carbocycles. The van der Waals surface area contributed by atoms with Crippen molar-refractivity contribution in [3.05, 3.63) is 87.9 Å². The van der Waals surface area contributed by atoms with Crippen molar-refractivity contribution in [3.8, 4) is 6.07 Å². The van der Waals surface area contributed by atoms with E-state index in [2.05, 4.69) is 0 Å². The Morgan fingerprint density at radius 3 is 2.18 bits per heavy atom. The van der Waals surface area contributed by atoms with E-state index in [1.54, 1.807) is 32.2 Å². The van der Waals surface area contributed by atoms with Gasteiger partial charge in [0.25, 0.3) is 0 Å². The summed E-state index contributed by atoms with van der Waals surface area (Å²) in [6, 6.07) is 12.7. The number of nitrogens with two attached hydrogens (primary N) is 1. The van der Waals surface area contributed by atoms with Crippen molar-refractivity contribution in [2.24, 2.45) is 5.73 Å². The van der Waals surface area contributed by atoms with Gasteiger partial charge in [-0.2, -0.15) is 30.2 Å². The normalized spacial score (nSPS) is 15.8. The van der Waals surface area contributed by atoms with Crippen molar-refractivity contribution in [2.45, 2.75) is 25.9 Å². The molecule has 1 atom stereocenters. The minimum Gasteiger partial charge on any atom is -0.463 e. The Hall–Kier alpha value is -3.91. The van der Waals surface area contributed by atoms with Gasteiger partial charge in [0.2, 0.25) is 0 Å². The smallest absolute Gasteiger partial charge is 0.416 e. The Balaban J connectivity index is 2.41. The van der Waals surface area contributed by atoms with Crippen LogP contribution in [0.3, 0.4) is 0 Å². The van der Waals surface area contributed by atoms with Gasteiger partial charge in [0.05, 0.1) is 47.5 Å². The number of hydrogen-bond acceptors (Lipinski definition) is 8. The first-order valence-electron chi connectivity index (χ1n) is 11.6. The van der Waals surface area contributed by atoms with Gasteiger partial charge in [0.1, 0.15) is 5.82 Å². The van der Waals surface area contributed by atoms with Crippen molar-refractivity contribution in [1.29, 1.82) is 5.26 Å². The maximum atomic E-state index is 13.6. The lowest BCUT2D eigenvalue weighted by Gasteiger charge is -2.38. The Bertz CT molecular complexity index is 1310. The SMILES string of the molecule is CCOC(=O)C1=C(N)N(c2cccc(C(F)(F)F)c2)C(CSC)=C(C(=O)OCC)C1c1ccc(C#N)cc1. The summed E-state index contributed by atoms with van der Waals surface area (Å²) in [5.74, 6) is -2.65. The second kappa shape index (κ2) is 12.1. The molecule has 0 aromatic heterocycles. The molecule has 7 nitrogen and oxygen atoms in total. The molecule has 1 unspecified atom stereocenters. The molecule has 2 N–H and O–H groups in total. The van der Waals surface area contributed by atoms with E-state index in [0.717, 1.165) is 12.1 Å². The average molecular weight is 546 g/mol. The van der Waals surface area contributed by atoms with Crippen LogP contribution in [0.1, 0.15) is 36.5 Å². The lowest BCUT2D eigenvalue weighted by molar-refractivity contribution is -0.140. The Morgan fingerprint density at radius 1 is 1.05 bits per heavy atom. The van der Waals surface area contributed by atoms with Crippen LogP contribution in [0.25, 0.3) is 0 Å². The number of nitrogens with zero attached hydrogens (tertiary/aromatic N) is 2. The fraction of sp³-hybridized carbons (Fsp3) is 0.296. The molecule has 1 heterocycles. The molecule has 0 amide bonds. The van der Waals surface area contributed by atoms with Crippen LogP contribution in [0.5, 0.6) is 0 Å². The Kier molecular flexibility index (Phi) is 9.12. The standard InChI is InChI=1S/C27H26F3N3O4S/c1-4-36-25(34)22-20(15-38-3)33(19-8-6-7-18(13-19)27(28,29)30)24(32)23(26(35)37-5-2)21(22)17-11-9-16(14-31)10-12-17/h6-13,21H,4-5,15,32H2,1-3H3. The van der Waals surface area contributed by atoms with Crippen LogP contribution in [0.15, 0.2) is 71.2 Å². The molecule has 38 heavy (non-hydrogen) atoms. The van der Waals surface area contributed by atoms with E-state index in [9.17, 15) is 28.0 Å². The topological polar surface area (TPSA) is 106 Å². The summed E-state index contributed by atoms with van der Waals surface area (Å²) in [4.78, 5) is 28.1. The summed E-state index contributed by atoms with van der Waals surface area (Å²) in [5.41, 5.74) is 6.67. The molecule has 0 bridgehead atoms. The number of halogens is 3.